The van der Waals surface area contributed by atoms with Crippen LogP contribution < -0.4 is 14.4 Å². The Hall–Kier alpha value is -2.84. The molecular formula is C26H27BrN2O4S. The molecule has 0 bridgehead atoms. The van der Waals surface area contributed by atoms with Gasteiger partial charge in [0.05, 0.1) is 16.6 Å². The number of hydrogen-bond donors (Lipinski definition) is 1. The van der Waals surface area contributed by atoms with Gasteiger partial charge in [-0.05, 0) is 57.2 Å². The van der Waals surface area contributed by atoms with Crippen molar-refractivity contribution < 1.29 is 17.9 Å². The summed E-state index contributed by atoms with van der Waals surface area (Å²) in [5, 5.41) is 3.06. The number of aryl methyl sites for hydroxylation is 1. The number of halogens is 1. The number of nitrogens with zero attached hydrogens (tertiary/aromatic N) is 1. The molecule has 1 aliphatic heterocycles. The zero-order valence-corrected chi connectivity index (χ0v) is 21.7. The Balaban J connectivity index is 1.65. The summed E-state index contributed by atoms with van der Waals surface area (Å²) in [6, 6.07) is 20.6. The Bertz CT molecular complexity index is 1310. The maximum absolute atomic E-state index is 13.5. The van der Waals surface area contributed by atoms with Crippen molar-refractivity contribution in [3.8, 4) is 5.75 Å². The molecule has 178 valence electrons. The zero-order valence-electron chi connectivity index (χ0n) is 19.3. The summed E-state index contributed by atoms with van der Waals surface area (Å²) in [6.07, 6.45) is 0.567. The van der Waals surface area contributed by atoms with Crippen molar-refractivity contribution in [2.75, 3.05) is 10.8 Å². The molecule has 8 heteroatoms. The second-order valence-electron chi connectivity index (χ2n) is 9.03. The van der Waals surface area contributed by atoms with Crippen LogP contribution in [-0.4, -0.2) is 26.5 Å². The zero-order chi connectivity index (χ0) is 24.5. The minimum Gasteiger partial charge on any atom is -0.487 e. The molecule has 0 aliphatic carbocycles. The Morgan fingerprint density at radius 1 is 1.09 bits per heavy atom. The Kier molecular flexibility index (Phi) is 6.73. The molecule has 6 nitrogen and oxygen atoms in total. The van der Waals surface area contributed by atoms with Crippen LogP contribution in [0.3, 0.4) is 0 Å². The number of sulfonamides is 1. The summed E-state index contributed by atoms with van der Waals surface area (Å²) in [5.74, 6) is 0.336. The molecule has 0 saturated heterocycles. The van der Waals surface area contributed by atoms with E-state index in [1.54, 1.807) is 42.5 Å². The summed E-state index contributed by atoms with van der Waals surface area (Å²) < 4.78 is 35.0. The van der Waals surface area contributed by atoms with Crippen LogP contribution in [0.4, 0.5) is 5.69 Å². The minimum atomic E-state index is -3.97. The summed E-state index contributed by atoms with van der Waals surface area (Å²) in [6.45, 7) is 5.58. The number of amides is 1. The van der Waals surface area contributed by atoms with Gasteiger partial charge in [-0.3, -0.25) is 9.10 Å². The lowest BCUT2D eigenvalue weighted by Crippen LogP contribution is -2.45. The van der Waals surface area contributed by atoms with Crippen molar-refractivity contribution in [2.24, 2.45) is 0 Å². The SMILES string of the molecule is Cc1ccc2c(c1)C(NC(=O)CN(c1cccc(Br)c1)S(=O)(=O)c1ccccc1)CC(C)(C)O2. The highest BCUT2D eigenvalue weighted by Crippen LogP contribution is 2.40. The van der Waals surface area contributed by atoms with E-state index in [1.165, 1.54) is 12.1 Å². The summed E-state index contributed by atoms with van der Waals surface area (Å²) in [7, 11) is -3.97. The number of nitrogens with one attached hydrogen (secondary N) is 1. The van der Waals surface area contributed by atoms with E-state index >= 15 is 0 Å². The van der Waals surface area contributed by atoms with Crippen LogP contribution in [0.25, 0.3) is 0 Å². The highest BCUT2D eigenvalue weighted by atomic mass is 79.9. The van der Waals surface area contributed by atoms with Gasteiger partial charge in [0.25, 0.3) is 10.0 Å². The molecular weight excluding hydrogens is 516 g/mol. The van der Waals surface area contributed by atoms with E-state index in [-0.39, 0.29) is 17.5 Å². The third kappa shape index (κ3) is 5.28. The maximum atomic E-state index is 13.5. The van der Waals surface area contributed by atoms with E-state index in [4.69, 9.17) is 4.74 Å². The van der Waals surface area contributed by atoms with E-state index in [0.717, 1.165) is 21.2 Å². The fourth-order valence-corrected chi connectivity index (χ4v) is 5.96. The second kappa shape index (κ2) is 9.43. The molecule has 1 atom stereocenters. The number of ether oxygens (including phenoxy) is 1. The van der Waals surface area contributed by atoms with Gasteiger partial charge < -0.3 is 10.1 Å². The molecule has 1 N–H and O–H groups in total. The summed E-state index contributed by atoms with van der Waals surface area (Å²) in [5.41, 5.74) is 1.88. The first-order valence-corrected chi connectivity index (χ1v) is 13.2. The molecule has 0 saturated carbocycles. The number of carbonyl (C=O) groups is 1. The third-order valence-corrected chi connectivity index (χ3v) is 7.95. The molecule has 0 fully saturated rings. The fourth-order valence-electron chi connectivity index (χ4n) is 4.14. The largest absolute Gasteiger partial charge is 0.487 e. The van der Waals surface area contributed by atoms with Crippen molar-refractivity contribution in [1.29, 1.82) is 0 Å². The van der Waals surface area contributed by atoms with E-state index < -0.39 is 21.5 Å². The predicted octanol–water partition coefficient (Wildman–Crippen LogP) is 5.37. The monoisotopic (exact) mass is 542 g/mol. The Morgan fingerprint density at radius 2 is 1.82 bits per heavy atom. The fraction of sp³-hybridized carbons (Fsp3) is 0.269. The molecule has 3 aromatic rings. The topological polar surface area (TPSA) is 75.7 Å². The van der Waals surface area contributed by atoms with E-state index in [1.807, 2.05) is 39.0 Å². The molecule has 3 aromatic carbocycles. The van der Waals surface area contributed by atoms with Gasteiger partial charge in [0.2, 0.25) is 5.91 Å². The van der Waals surface area contributed by atoms with Crippen molar-refractivity contribution in [3.05, 3.63) is 88.4 Å². The third-order valence-electron chi connectivity index (χ3n) is 5.67. The number of fused-ring (bicyclic) bond motifs is 1. The normalized spacial score (nSPS) is 16.8. The lowest BCUT2D eigenvalue weighted by Gasteiger charge is -2.38. The number of benzene rings is 3. The molecule has 1 heterocycles. The van der Waals surface area contributed by atoms with Crippen LogP contribution in [-0.2, 0) is 14.8 Å². The maximum Gasteiger partial charge on any atom is 0.264 e. The predicted molar refractivity (Wildman–Crippen MR) is 137 cm³/mol. The van der Waals surface area contributed by atoms with Crippen LogP contribution in [0.1, 0.15) is 37.4 Å². The lowest BCUT2D eigenvalue weighted by molar-refractivity contribution is -0.120. The second-order valence-corrected chi connectivity index (χ2v) is 11.8. The Morgan fingerprint density at radius 3 is 2.53 bits per heavy atom. The lowest BCUT2D eigenvalue weighted by atomic mass is 9.89. The van der Waals surface area contributed by atoms with Gasteiger partial charge in [-0.1, -0.05) is 57.9 Å². The van der Waals surface area contributed by atoms with Gasteiger partial charge in [0, 0.05) is 16.5 Å². The molecule has 1 amide bonds. The van der Waals surface area contributed by atoms with Crippen LogP contribution in [0.5, 0.6) is 5.75 Å². The average Bonchev–Trinajstić information content (AvgIpc) is 2.78. The molecule has 0 spiro atoms. The van der Waals surface area contributed by atoms with Crippen molar-refractivity contribution >= 4 is 37.5 Å². The highest BCUT2D eigenvalue weighted by molar-refractivity contribution is 9.10. The number of anilines is 1. The van der Waals surface area contributed by atoms with Gasteiger partial charge >= 0.3 is 0 Å². The van der Waals surface area contributed by atoms with E-state index in [9.17, 15) is 13.2 Å². The van der Waals surface area contributed by atoms with E-state index in [0.29, 0.717) is 16.6 Å². The van der Waals surface area contributed by atoms with Crippen LogP contribution >= 0.6 is 15.9 Å². The average molecular weight is 543 g/mol. The first kappa shape index (κ1) is 24.3. The number of carbonyl (C=O) groups excluding carboxylic acids is 1. The van der Waals surface area contributed by atoms with Gasteiger partial charge in [-0.25, -0.2) is 8.42 Å². The molecule has 1 unspecified atom stereocenters. The molecule has 0 radical (unpaired) electrons. The van der Waals surface area contributed by atoms with Crippen LogP contribution in [0.15, 0.2) is 82.2 Å². The van der Waals surface area contributed by atoms with Crippen LogP contribution in [0.2, 0.25) is 0 Å². The highest BCUT2D eigenvalue weighted by Gasteiger charge is 2.35. The molecule has 0 aromatic heterocycles. The minimum absolute atomic E-state index is 0.121. The quantitative estimate of drug-likeness (QED) is 0.454. The van der Waals surface area contributed by atoms with Gasteiger partial charge in [-0.2, -0.15) is 0 Å². The first-order valence-electron chi connectivity index (χ1n) is 11.0. The Labute approximate surface area is 209 Å². The van der Waals surface area contributed by atoms with Crippen molar-refractivity contribution in [2.45, 2.75) is 43.7 Å². The molecule has 34 heavy (non-hydrogen) atoms. The summed E-state index contributed by atoms with van der Waals surface area (Å²) in [4.78, 5) is 13.4. The van der Waals surface area contributed by atoms with Crippen LogP contribution in [0, 0.1) is 6.92 Å². The van der Waals surface area contributed by atoms with Gasteiger partial charge in [-0.15, -0.1) is 0 Å². The number of rotatable bonds is 6. The summed E-state index contributed by atoms with van der Waals surface area (Å²) >= 11 is 3.40. The van der Waals surface area contributed by atoms with Gasteiger partial charge in [0.15, 0.2) is 0 Å². The first-order chi connectivity index (χ1) is 16.0. The molecule has 4 rings (SSSR count). The standard InChI is InChI=1S/C26H27BrN2O4S/c1-18-12-13-24-22(14-18)23(16-26(2,3)33-24)28-25(30)17-29(20-9-7-8-19(27)15-20)34(31,32)21-10-5-4-6-11-21/h4-15,23H,16-17H2,1-3H3,(H,28,30). The van der Waals surface area contributed by atoms with E-state index in [2.05, 4.69) is 21.2 Å². The molecule has 1 aliphatic rings. The number of hydrogen-bond acceptors (Lipinski definition) is 4. The van der Waals surface area contributed by atoms with Crippen molar-refractivity contribution in [3.63, 3.8) is 0 Å². The van der Waals surface area contributed by atoms with Crippen molar-refractivity contribution in [1.82, 2.24) is 5.32 Å². The van der Waals surface area contributed by atoms with Gasteiger partial charge in [0.1, 0.15) is 17.9 Å². The smallest absolute Gasteiger partial charge is 0.264 e.